The van der Waals surface area contributed by atoms with Gasteiger partial charge in [-0.1, -0.05) is 60.1 Å². The minimum absolute atomic E-state index is 0.204. The average Bonchev–Trinajstić information content (AvgIpc) is 2.54. The standard InChI is InChI=1S/C19H21BrO3/c1-13(2)9-10-23-18-8-7-16(11-17(18)19(21)22)15-5-3-14(12-20)4-6-15/h3-8,11,13H,9-10,12H2,1-2H3,(H,21,22). The lowest BCUT2D eigenvalue weighted by Crippen LogP contribution is -2.06. The summed E-state index contributed by atoms with van der Waals surface area (Å²) in [5.41, 5.74) is 3.25. The largest absolute Gasteiger partial charge is 0.493 e. The second-order valence-corrected chi connectivity index (χ2v) is 6.44. The van der Waals surface area contributed by atoms with Gasteiger partial charge in [-0.05, 0) is 41.2 Å². The highest BCUT2D eigenvalue weighted by Crippen LogP contribution is 2.27. The molecule has 0 saturated heterocycles. The molecular formula is C19H21BrO3. The molecule has 0 aromatic heterocycles. The summed E-state index contributed by atoms with van der Waals surface area (Å²) < 4.78 is 5.65. The van der Waals surface area contributed by atoms with Gasteiger partial charge >= 0.3 is 5.97 Å². The van der Waals surface area contributed by atoms with E-state index in [1.54, 1.807) is 12.1 Å². The first-order chi connectivity index (χ1) is 11.0. The number of aromatic carboxylic acids is 1. The fourth-order valence-corrected chi connectivity index (χ4v) is 2.57. The fourth-order valence-electron chi connectivity index (χ4n) is 2.19. The molecule has 4 heteroatoms. The van der Waals surface area contributed by atoms with Crippen LogP contribution in [0.5, 0.6) is 5.75 Å². The lowest BCUT2D eigenvalue weighted by Gasteiger charge is -2.12. The van der Waals surface area contributed by atoms with Crippen molar-refractivity contribution in [1.29, 1.82) is 0 Å². The molecule has 0 saturated carbocycles. The highest BCUT2D eigenvalue weighted by Gasteiger charge is 2.13. The van der Waals surface area contributed by atoms with Gasteiger partial charge in [0.15, 0.2) is 0 Å². The Kier molecular flexibility index (Phi) is 6.22. The SMILES string of the molecule is CC(C)CCOc1ccc(-c2ccc(CBr)cc2)cc1C(=O)O. The van der Waals surface area contributed by atoms with E-state index in [9.17, 15) is 9.90 Å². The molecule has 0 radical (unpaired) electrons. The number of rotatable bonds is 7. The molecule has 122 valence electrons. The number of benzene rings is 2. The second kappa shape index (κ2) is 8.16. The third-order valence-corrected chi connectivity index (χ3v) is 4.25. The number of carboxylic acid groups (broad SMARTS) is 1. The normalized spacial score (nSPS) is 10.8. The summed E-state index contributed by atoms with van der Waals surface area (Å²) in [6.07, 6.45) is 0.898. The molecule has 2 aromatic carbocycles. The Labute approximate surface area is 145 Å². The number of hydrogen-bond acceptors (Lipinski definition) is 2. The minimum atomic E-state index is -0.969. The van der Waals surface area contributed by atoms with Crippen LogP contribution < -0.4 is 4.74 Å². The van der Waals surface area contributed by atoms with Gasteiger partial charge in [0.25, 0.3) is 0 Å². The zero-order valence-electron chi connectivity index (χ0n) is 13.4. The molecule has 0 unspecified atom stereocenters. The number of carboxylic acids is 1. The first-order valence-electron chi connectivity index (χ1n) is 7.66. The minimum Gasteiger partial charge on any atom is -0.493 e. The van der Waals surface area contributed by atoms with Crippen molar-refractivity contribution in [3.05, 3.63) is 53.6 Å². The maximum Gasteiger partial charge on any atom is 0.339 e. The van der Waals surface area contributed by atoms with Crippen LogP contribution in [0, 0.1) is 5.92 Å². The summed E-state index contributed by atoms with van der Waals surface area (Å²) in [5.74, 6) is -0.0158. The van der Waals surface area contributed by atoms with Crippen LogP contribution in [0.15, 0.2) is 42.5 Å². The van der Waals surface area contributed by atoms with E-state index < -0.39 is 5.97 Å². The first kappa shape index (κ1) is 17.5. The van der Waals surface area contributed by atoms with Gasteiger partial charge in [-0.3, -0.25) is 0 Å². The molecule has 0 amide bonds. The molecule has 0 heterocycles. The lowest BCUT2D eigenvalue weighted by molar-refractivity contribution is 0.0692. The number of hydrogen-bond donors (Lipinski definition) is 1. The van der Waals surface area contributed by atoms with Crippen LogP contribution >= 0.6 is 15.9 Å². The van der Waals surface area contributed by atoms with Crippen LogP contribution in [-0.4, -0.2) is 17.7 Å². The number of halogens is 1. The van der Waals surface area contributed by atoms with Crippen LogP contribution in [0.3, 0.4) is 0 Å². The van der Waals surface area contributed by atoms with Gasteiger partial charge in [-0.2, -0.15) is 0 Å². The zero-order chi connectivity index (χ0) is 16.8. The summed E-state index contributed by atoms with van der Waals surface area (Å²) in [6, 6.07) is 13.4. The Hall–Kier alpha value is -1.81. The Morgan fingerprint density at radius 2 is 1.78 bits per heavy atom. The number of carbonyl (C=O) groups is 1. The van der Waals surface area contributed by atoms with Gasteiger partial charge in [0.05, 0.1) is 6.61 Å². The average molecular weight is 377 g/mol. The van der Waals surface area contributed by atoms with Crippen LogP contribution in [0.2, 0.25) is 0 Å². The molecule has 2 rings (SSSR count). The summed E-state index contributed by atoms with van der Waals surface area (Å²) in [4.78, 5) is 11.5. The zero-order valence-corrected chi connectivity index (χ0v) is 15.0. The Morgan fingerprint density at radius 3 is 2.35 bits per heavy atom. The van der Waals surface area contributed by atoms with Crippen molar-refractivity contribution in [2.45, 2.75) is 25.6 Å². The lowest BCUT2D eigenvalue weighted by atomic mass is 10.0. The first-order valence-corrected chi connectivity index (χ1v) is 8.79. The molecule has 0 aliphatic heterocycles. The molecule has 0 aliphatic carbocycles. The van der Waals surface area contributed by atoms with Crippen molar-refractivity contribution in [1.82, 2.24) is 0 Å². The van der Waals surface area contributed by atoms with Crippen molar-refractivity contribution in [2.24, 2.45) is 5.92 Å². The summed E-state index contributed by atoms with van der Waals surface area (Å²) in [5, 5.41) is 10.2. The highest BCUT2D eigenvalue weighted by atomic mass is 79.9. The van der Waals surface area contributed by atoms with Gasteiger partial charge in [-0.15, -0.1) is 0 Å². The summed E-state index contributed by atoms with van der Waals surface area (Å²) >= 11 is 3.42. The monoisotopic (exact) mass is 376 g/mol. The molecule has 23 heavy (non-hydrogen) atoms. The van der Waals surface area contributed by atoms with E-state index in [2.05, 4.69) is 29.8 Å². The van der Waals surface area contributed by atoms with Crippen molar-refractivity contribution >= 4 is 21.9 Å². The van der Waals surface area contributed by atoms with E-state index in [1.807, 2.05) is 30.3 Å². The molecule has 0 atom stereocenters. The second-order valence-electron chi connectivity index (χ2n) is 5.88. The molecule has 1 N–H and O–H groups in total. The van der Waals surface area contributed by atoms with E-state index in [0.717, 1.165) is 22.9 Å². The third-order valence-electron chi connectivity index (χ3n) is 3.60. The molecule has 0 spiro atoms. The smallest absolute Gasteiger partial charge is 0.339 e. The van der Waals surface area contributed by atoms with Crippen molar-refractivity contribution in [3.63, 3.8) is 0 Å². The van der Waals surface area contributed by atoms with Crippen LogP contribution in [0.25, 0.3) is 11.1 Å². The highest BCUT2D eigenvalue weighted by molar-refractivity contribution is 9.08. The fraction of sp³-hybridized carbons (Fsp3) is 0.316. The van der Waals surface area contributed by atoms with Gasteiger partial charge in [-0.25, -0.2) is 4.79 Å². The Morgan fingerprint density at radius 1 is 1.13 bits per heavy atom. The molecule has 2 aromatic rings. The summed E-state index contributed by atoms with van der Waals surface area (Å²) in [7, 11) is 0. The van der Waals surface area contributed by atoms with E-state index >= 15 is 0 Å². The van der Waals surface area contributed by atoms with Crippen LogP contribution in [-0.2, 0) is 5.33 Å². The maximum absolute atomic E-state index is 11.5. The Balaban J connectivity index is 2.25. The van der Waals surface area contributed by atoms with Crippen molar-refractivity contribution in [3.8, 4) is 16.9 Å². The van der Waals surface area contributed by atoms with Gasteiger partial charge < -0.3 is 9.84 Å². The topological polar surface area (TPSA) is 46.5 Å². The quantitative estimate of drug-likeness (QED) is 0.660. The third kappa shape index (κ3) is 4.83. The number of alkyl halides is 1. The predicted molar refractivity (Wildman–Crippen MR) is 96.4 cm³/mol. The van der Waals surface area contributed by atoms with Gasteiger partial charge in [0, 0.05) is 5.33 Å². The summed E-state index contributed by atoms with van der Waals surface area (Å²) in [6.45, 7) is 4.75. The predicted octanol–water partition coefficient (Wildman–Crippen LogP) is 5.37. The van der Waals surface area contributed by atoms with Crippen molar-refractivity contribution < 1.29 is 14.6 Å². The van der Waals surface area contributed by atoms with E-state index in [-0.39, 0.29) is 5.56 Å². The van der Waals surface area contributed by atoms with Gasteiger partial charge in [0.2, 0.25) is 0 Å². The molecule has 0 bridgehead atoms. The molecule has 0 aliphatic rings. The molecular weight excluding hydrogens is 356 g/mol. The van der Waals surface area contributed by atoms with E-state index in [0.29, 0.717) is 18.3 Å². The molecule has 3 nitrogen and oxygen atoms in total. The van der Waals surface area contributed by atoms with Gasteiger partial charge in [0.1, 0.15) is 11.3 Å². The van der Waals surface area contributed by atoms with E-state index in [1.165, 1.54) is 5.56 Å². The molecule has 0 fully saturated rings. The van der Waals surface area contributed by atoms with Crippen LogP contribution in [0.1, 0.15) is 36.2 Å². The number of ether oxygens (including phenoxy) is 1. The Bertz CT molecular complexity index is 663. The maximum atomic E-state index is 11.5. The van der Waals surface area contributed by atoms with Crippen molar-refractivity contribution in [2.75, 3.05) is 6.61 Å². The van der Waals surface area contributed by atoms with E-state index in [4.69, 9.17) is 4.74 Å². The van der Waals surface area contributed by atoms with Crippen LogP contribution in [0.4, 0.5) is 0 Å².